The first-order chi connectivity index (χ1) is 12.9. The number of ether oxygens (including phenoxy) is 2. The fourth-order valence-electron chi connectivity index (χ4n) is 2.70. The van der Waals surface area contributed by atoms with Gasteiger partial charge in [-0.3, -0.25) is 4.79 Å². The van der Waals surface area contributed by atoms with Crippen molar-refractivity contribution in [2.24, 2.45) is 0 Å². The molecular formula is C20H22ClNO5. The summed E-state index contributed by atoms with van der Waals surface area (Å²) in [6.07, 6.45) is 0.195. The molecule has 0 saturated heterocycles. The molecule has 144 valence electrons. The highest BCUT2D eigenvalue weighted by Gasteiger charge is 2.28. The van der Waals surface area contributed by atoms with Crippen LogP contribution in [0.2, 0.25) is 5.02 Å². The predicted octanol–water partition coefficient (Wildman–Crippen LogP) is 3.52. The number of carboxylic acids is 1. The number of rotatable bonds is 8. The average molecular weight is 392 g/mol. The molecule has 0 spiro atoms. The summed E-state index contributed by atoms with van der Waals surface area (Å²) in [5.41, 5.74) is 1.05. The topological polar surface area (TPSA) is 76.1 Å². The first kappa shape index (κ1) is 20.6. The number of halogens is 1. The Hall–Kier alpha value is -2.73. The van der Waals surface area contributed by atoms with E-state index >= 15 is 0 Å². The van der Waals surface area contributed by atoms with Gasteiger partial charge in [0.05, 0.1) is 18.7 Å². The molecule has 1 atom stereocenters. The summed E-state index contributed by atoms with van der Waals surface area (Å²) >= 11 is 6.22. The molecule has 2 rings (SSSR count). The highest BCUT2D eigenvalue weighted by molar-refractivity contribution is 6.32. The number of amides is 1. The van der Waals surface area contributed by atoms with E-state index in [1.54, 1.807) is 0 Å². The van der Waals surface area contributed by atoms with Crippen LogP contribution >= 0.6 is 11.6 Å². The van der Waals surface area contributed by atoms with Gasteiger partial charge in [0.15, 0.2) is 11.5 Å². The van der Waals surface area contributed by atoms with E-state index in [2.05, 4.69) is 0 Å². The van der Waals surface area contributed by atoms with E-state index in [4.69, 9.17) is 21.1 Å². The molecule has 0 aliphatic heterocycles. The summed E-state index contributed by atoms with van der Waals surface area (Å²) in [7, 11) is 2.91. The molecule has 1 unspecified atom stereocenters. The van der Waals surface area contributed by atoms with Crippen LogP contribution in [0, 0.1) is 0 Å². The molecule has 0 aromatic heterocycles. The van der Waals surface area contributed by atoms with Crippen molar-refractivity contribution in [3.8, 4) is 11.5 Å². The van der Waals surface area contributed by atoms with E-state index in [-0.39, 0.29) is 17.0 Å². The van der Waals surface area contributed by atoms with Crippen molar-refractivity contribution in [3.63, 3.8) is 0 Å². The third-order valence-electron chi connectivity index (χ3n) is 4.11. The van der Waals surface area contributed by atoms with Gasteiger partial charge >= 0.3 is 5.97 Å². The zero-order chi connectivity index (χ0) is 20.0. The SMILES string of the molecule is CCOc1c(Cl)cc(C(=O)N(C)C(Cc2ccccc2)C(=O)O)cc1OC. The minimum atomic E-state index is -1.08. The quantitative estimate of drug-likeness (QED) is 0.745. The molecule has 1 amide bonds. The fourth-order valence-corrected chi connectivity index (χ4v) is 2.97. The maximum absolute atomic E-state index is 12.9. The van der Waals surface area contributed by atoms with Crippen LogP contribution in [0.1, 0.15) is 22.8 Å². The number of hydrogen-bond donors (Lipinski definition) is 1. The second kappa shape index (κ2) is 9.28. The summed E-state index contributed by atoms with van der Waals surface area (Å²) in [6, 6.07) is 11.1. The molecule has 0 bridgehead atoms. The number of methoxy groups -OCH3 is 1. The van der Waals surface area contributed by atoms with Gasteiger partial charge in [0.2, 0.25) is 0 Å². The Balaban J connectivity index is 2.31. The van der Waals surface area contributed by atoms with Crippen molar-refractivity contribution < 1.29 is 24.2 Å². The Morgan fingerprint density at radius 3 is 2.44 bits per heavy atom. The second-order valence-corrected chi connectivity index (χ2v) is 6.29. The molecule has 0 aliphatic rings. The second-order valence-electron chi connectivity index (χ2n) is 5.88. The average Bonchev–Trinajstić information content (AvgIpc) is 2.67. The van der Waals surface area contributed by atoms with Crippen molar-refractivity contribution in [1.82, 2.24) is 4.90 Å². The third kappa shape index (κ3) is 4.92. The maximum Gasteiger partial charge on any atom is 0.326 e. The lowest BCUT2D eigenvalue weighted by Gasteiger charge is -2.25. The molecule has 1 N–H and O–H groups in total. The number of nitrogens with zero attached hydrogens (tertiary/aromatic N) is 1. The van der Waals surface area contributed by atoms with Gasteiger partial charge in [-0.25, -0.2) is 4.79 Å². The predicted molar refractivity (Wildman–Crippen MR) is 103 cm³/mol. The molecule has 6 nitrogen and oxygen atoms in total. The van der Waals surface area contributed by atoms with E-state index in [1.807, 2.05) is 37.3 Å². The first-order valence-corrected chi connectivity index (χ1v) is 8.81. The molecule has 2 aromatic rings. The minimum Gasteiger partial charge on any atom is -0.493 e. The van der Waals surface area contributed by atoms with Gasteiger partial charge in [0.1, 0.15) is 6.04 Å². The highest BCUT2D eigenvalue weighted by atomic mass is 35.5. The monoisotopic (exact) mass is 391 g/mol. The summed E-state index contributed by atoms with van der Waals surface area (Å²) in [5.74, 6) is -0.892. The van der Waals surface area contributed by atoms with Crippen molar-refractivity contribution in [2.45, 2.75) is 19.4 Å². The number of carbonyl (C=O) groups is 2. The van der Waals surface area contributed by atoms with Crippen molar-refractivity contribution in [2.75, 3.05) is 20.8 Å². The molecule has 2 aromatic carbocycles. The normalized spacial score (nSPS) is 11.6. The maximum atomic E-state index is 12.9. The Kier molecular flexibility index (Phi) is 7.07. The van der Waals surface area contributed by atoms with Crippen molar-refractivity contribution in [3.05, 3.63) is 58.6 Å². The van der Waals surface area contributed by atoms with E-state index < -0.39 is 17.9 Å². The van der Waals surface area contributed by atoms with Crippen LogP contribution in [0.5, 0.6) is 11.5 Å². The van der Waals surface area contributed by atoms with Gasteiger partial charge in [-0.1, -0.05) is 41.9 Å². The van der Waals surface area contributed by atoms with Crippen LogP contribution in [0.25, 0.3) is 0 Å². The number of likely N-dealkylation sites (N-methyl/N-ethyl adjacent to an activating group) is 1. The van der Waals surface area contributed by atoms with Gasteiger partial charge in [-0.05, 0) is 24.6 Å². The minimum absolute atomic E-state index is 0.195. The van der Waals surface area contributed by atoms with E-state index in [0.29, 0.717) is 18.1 Å². The van der Waals surface area contributed by atoms with Crippen LogP contribution in [0.15, 0.2) is 42.5 Å². The zero-order valence-electron chi connectivity index (χ0n) is 15.4. The molecular weight excluding hydrogens is 370 g/mol. The largest absolute Gasteiger partial charge is 0.493 e. The van der Waals surface area contributed by atoms with Crippen LogP contribution in [-0.2, 0) is 11.2 Å². The lowest BCUT2D eigenvalue weighted by Crippen LogP contribution is -2.43. The van der Waals surface area contributed by atoms with E-state index in [9.17, 15) is 14.7 Å². The standard InChI is InChI=1S/C20H22ClNO5/c1-4-27-18-15(21)11-14(12-17(18)26-3)19(23)22(2)16(20(24)25)10-13-8-6-5-7-9-13/h5-9,11-12,16H,4,10H2,1-3H3,(H,24,25). The lowest BCUT2D eigenvalue weighted by atomic mass is 10.0. The Morgan fingerprint density at radius 2 is 1.89 bits per heavy atom. The summed E-state index contributed by atoms with van der Waals surface area (Å²) < 4.78 is 10.7. The van der Waals surface area contributed by atoms with Crippen LogP contribution < -0.4 is 9.47 Å². The smallest absolute Gasteiger partial charge is 0.326 e. The van der Waals surface area contributed by atoms with Crippen molar-refractivity contribution >= 4 is 23.5 Å². The Bertz CT molecular complexity index is 810. The van der Waals surface area contributed by atoms with Gasteiger partial charge in [0, 0.05) is 19.0 Å². The Morgan fingerprint density at radius 1 is 1.22 bits per heavy atom. The number of carboxylic acid groups (broad SMARTS) is 1. The number of benzene rings is 2. The molecule has 7 heteroatoms. The van der Waals surface area contributed by atoms with Crippen molar-refractivity contribution in [1.29, 1.82) is 0 Å². The van der Waals surface area contributed by atoms with E-state index in [0.717, 1.165) is 5.56 Å². The number of hydrogen-bond acceptors (Lipinski definition) is 4. The fraction of sp³-hybridized carbons (Fsp3) is 0.300. The molecule has 0 radical (unpaired) electrons. The van der Waals surface area contributed by atoms with Gasteiger partial charge in [-0.2, -0.15) is 0 Å². The van der Waals surface area contributed by atoms with Crippen LogP contribution in [0.4, 0.5) is 0 Å². The Labute approximate surface area is 163 Å². The van der Waals surface area contributed by atoms with Gasteiger partial charge < -0.3 is 19.5 Å². The molecule has 0 saturated carbocycles. The van der Waals surface area contributed by atoms with Crippen LogP contribution in [0.3, 0.4) is 0 Å². The summed E-state index contributed by atoms with van der Waals surface area (Å²) in [6.45, 7) is 2.20. The van der Waals surface area contributed by atoms with Gasteiger partial charge in [-0.15, -0.1) is 0 Å². The molecule has 27 heavy (non-hydrogen) atoms. The molecule has 0 aliphatic carbocycles. The number of aliphatic carboxylic acids is 1. The zero-order valence-corrected chi connectivity index (χ0v) is 16.2. The summed E-state index contributed by atoms with van der Waals surface area (Å²) in [5, 5.41) is 9.83. The first-order valence-electron chi connectivity index (χ1n) is 8.43. The lowest BCUT2D eigenvalue weighted by molar-refractivity contribution is -0.141. The highest BCUT2D eigenvalue weighted by Crippen LogP contribution is 2.36. The number of carbonyl (C=O) groups excluding carboxylic acids is 1. The van der Waals surface area contributed by atoms with Crippen LogP contribution in [-0.4, -0.2) is 48.7 Å². The molecule has 0 heterocycles. The third-order valence-corrected chi connectivity index (χ3v) is 4.39. The molecule has 0 fully saturated rings. The van der Waals surface area contributed by atoms with Gasteiger partial charge in [0.25, 0.3) is 5.91 Å². The summed E-state index contributed by atoms with van der Waals surface area (Å²) in [4.78, 5) is 25.8. The van der Waals surface area contributed by atoms with E-state index in [1.165, 1.54) is 31.2 Å².